The summed E-state index contributed by atoms with van der Waals surface area (Å²) >= 11 is 0. The number of anilines is 1. The lowest BCUT2D eigenvalue weighted by Gasteiger charge is -2.33. The van der Waals surface area contributed by atoms with Crippen LogP contribution in [0.4, 0.5) is 14.5 Å². The first-order chi connectivity index (χ1) is 11.5. The van der Waals surface area contributed by atoms with E-state index in [1.807, 2.05) is 24.3 Å². The van der Waals surface area contributed by atoms with Crippen molar-refractivity contribution in [1.82, 2.24) is 0 Å². The summed E-state index contributed by atoms with van der Waals surface area (Å²) in [6, 6.07) is 11.1. The molecule has 3 rings (SSSR count). The van der Waals surface area contributed by atoms with E-state index in [0.29, 0.717) is 11.5 Å². The van der Waals surface area contributed by atoms with Crippen molar-refractivity contribution in [3.05, 3.63) is 59.7 Å². The van der Waals surface area contributed by atoms with Gasteiger partial charge in [-0.15, -0.1) is 24.0 Å². The SMILES string of the molecule is COc1ccc(NC(N)=NC2CC(c3cc(F)cc(F)c3)C2)cc1.I. The van der Waals surface area contributed by atoms with Gasteiger partial charge in [0.15, 0.2) is 5.96 Å². The second-order valence-corrected chi connectivity index (χ2v) is 5.89. The minimum Gasteiger partial charge on any atom is -0.497 e. The molecule has 134 valence electrons. The number of benzene rings is 2. The predicted molar refractivity (Wildman–Crippen MR) is 106 cm³/mol. The molecule has 7 heteroatoms. The van der Waals surface area contributed by atoms with Crippen LogP contribution in [0.1, 0.15) is 24.3 Å². The molecule has 0 spiro atoms. The van der Waals surface area contributed by atoms with Crippen molar-refractivity contribution >= 4 is 35.6 Å². The van der Waals surface area contributed by atoms with Gasteiger partial charge in [-0.05, 0) is 60.7 Å². The smallest absolute Gasteiger partial charge is 0.193 e. The second kappa shape index (κ2) is 8.46. The molecule has 0 saturated heterocycles. The summed E-state index contributed by atoms with van der Waals surface area (Å²) in [4.78, 5) is 4.41. The molecular formula is C18H20F2IN3O. The fourth-order valence-electron chi connectivity index (χ4n) is 2.83. The van der Waals surface area contributed by atoms with Crippen LogP contribution in [-0.4, -0.2) is 19.1 Å². The van der Waals surface area contributed by atoms with Crippen molar-refractivity contribution in [1.29, 1.82) is 0 Å². The van der Waals surface area contributed by atoms with Crippen LogP contribution in [0, 0.1) is 11.6 Å². The molecule has 0 aromatic heterocycles. The maximum atomic E-state index is 13.2. The van der Waals surface area contributed by atoms with Crippen molar-refractivity contribution in [3.63, 3.8) is 0 Å². The van der Waals surface area contributed by atoms with Gasteiger partial charge in [0.05, 0.1) is 13.2 Å². The third kappa shape index (κ3) is 5.04. The molecule has 1 fully saturated rings. The van der Waals surface area contributed by atoms with E-state index in [9.17, 15) is 8.78 Å². The number of nitrogens with zero attached hydrogens (tertiary/aromatic N) is 1. The van der Waals surface area contributed by atoms with Crippen LogP contribution in [0.3, 0.4) is 0 Å². The maximum Gasteiger partial charge on any atom is 0.193 e. The Morgan fingerprint density at radius 1 is 1.12 bits per heavy atom. The Balaban J connectivity index is 0.00000225. The highest BCUT2D eigenvalue weighted by Gasteiger charge is 2.30. The van der Waals surface area contributed by atoms with Gasteiger partial charge in [-0.2, -0.15) is 0 Å². The summed E-state index contributed by atoms with van der Waals surface area (Å²) in [5, 5.41) is 3.02. The molecule has 0 radical (unpaired) electrons. The molecule has 3 N–H and O–H groups in total. The van der Waals surface area contributed by atoms with Gasteiger partial charge in [0.2, 0.25) is 0 Å². The van der Waals surface area contributed by atoms with E-state index in [1.54, 1.807) is 7.11 Å². The summed E-state index contributed by atoms with van der Waals surface area (Å²) in [5.41, 5.74) is 7.41. The number of ether oxygens (including phenoxy) is 1. The molecule has 0 bridgehead atoms. The van der Waals surface area contributed by atoms with Gasteiger partial charge in [-0.25, -0.2) is 13.8 Å². The van der Waals surface area contributed by atoms with Crippen LogP contribution in [0.15, 0.2) is 47.5 Å². The number of halogens is 3. The third-order valence-electron chi connectivity index (χ3n) is 4.15. The normalized spacial score (nSPS) is 19.6. The number of nitrogens with one attached hydrogen (secondary N) is 1. The number of nitrogens with two attached hydrogens (primary N) is 1. The highest BCUT2D eigenvalue weighted by Crippen LogP contribution is 2.39. The van der Waals surface area contributed by atoms with Gasteiger partial charge < -0.3 is 15.8 Å². The summed E-state index contributed by atoms with van der Waals surface area (Å²) in [5.74, 6) is 0.127. The van der Waals surface area contributed by atoms with Gasteiger partial charge in [0.25, 0.3) is 0 Å². The average Bonchev–Trinajstić information content (AvgIpc) is 2.50. The topological polar surface area (TPSA) is 59.6 Å². The van der Waals surface area contributed by atoms with E-state index in [-0.39, 0.29) is 35.9 Å². The molecule has 1 aliphatic rings. The Bertz CT molecular complexity index is 726. The van der Waals surface area contributed by atoms with Gasteiger partial charge in [0, 0.05) is 11.8 Å². The summed E-state index contributed by atoms with van der Waals surface area (Å²) in [6.07, 6.45) is 1.46. The predicted octanol–water partition coefficient (Wildman–Crippen LogP) is 4.26. The van der Waals surface area contributed by atoms with Crippen molar-refractivity contribution < 1.29 is 13.5 Å². The zero-order valence-electron chi connectivity index (χ0n) is 13.7. The second-order valence-electron chi connectivity index (χ2n) is 5.89. The van der Waals surface area contributed by atoms with E-state index in [1.165, 1.54) is 12.1 Å². The molecule has 4 nitrogen and oxygen atoms in total. The maximum absolute atomic E-state index is 13.2. The molecule has 0 aliphatic heterocycles. The van der Waals surface area contributed by atoms with E-state index in [2.05, 4.69) is 10.3 Å². The van der Waals surface area contributed by atoms with Gasteiger partial charge in [0.1, 0.15) is 17.4 Å². The lowest BCUT2D eigenvalue weighted by molar-refractivity contribution is 0.351. The van der Waals surface area contributed by atoms with Crippen LogP contribution >= 0.6 is 24.0 Å². The summed E-state index contributed by atoms with van der Waals surface area (Å²) in [6.45, 7) is 0. The van der Waals surface area contributed by atoms with Gasteiger partial charge >= 0.3 is 0 Å². The monoisotopic (exact) mass is 459 g/mol. The molecule has 2 aromatic rings. The molecule has 0 unspecified atom stereocenters. The average molecular weight is 459 g/mol. The zero-order chi connectivity index (χ0) is 17.1. The lowest BCUT2D eigenvalue weighted by atomic mass is 9.76. The number of hydrogen-bond donors (Lipinski definition) is 2. The van der Waals surface area contributed by atoms with Gasteiger partial charge in [-0.1, -0.05) is 0 Å². The minimum absolute atomic E-state index is 0. The standard InChI is InChI=1S/C18H19F2N3O.HI/c1-24-17-4-2-15(3-5-17)22-18(21)23-16-8-12(9-16)11-6-13(19)10-14(20)7-11;/h2-7,10,12,16H,8-9H2,1H3,(H3,21,22,23);1H. The Morgan fingerprint density at radius 3 is 2.28 bits per heavy atom. The molecule has 0 atom stereocenters. The van der Waals surface area contributed by atoms with Crippen molar-refractivity contribution in [3.8, 4) is 5.75 Å². The molecule has 0 amide bonds. The Hall–Kier alpha value is -1.90. The fraction of sp³-hybridized carbons (Fsp3) is 0.278. The number of hydrogen-bond acceptors (Lipinski definition) is 2. The van der Waals surface area contributed by atoms with Crippen LogP contribution in [0.5, 0.6) is 5.75 Å². The molecule has 1 saturated carbocycles. The number of rotatable bonds is 4. The van der Waals surface area contributed by atoms with Crippen molar-refractivity contribution in [2.45, 2.75) is 24.8 Å². The lowest BCUT2D eigenvalue weighted by Crippen LogP contribution is -2.31. The molecule has 0 heterocycles. The summed E-state index contributed by atoms with van der Waals surface area (Å²) < 4.78 is 31.6. The summed E-state index contributed by atoms with van der Waals surface area (Å²) in [7, 11) is 1.61. The third-order valence-corrected chi connectivity index (χ3v) is 4.15. The van der Waals surface area contributed by atoms with E-state index in [0.717, 1.165) is 30.3 Å². The fourth-order valence-corrected chi connectivity index (χ4v) is 2.83. The zero-order valence-corrected chi connectivity index (χ0v) is 16.0. The van der Waals surface area contributed by atoms with E-state index in [4.69, 9.17) is 10.5 Å². The van der Waals surface area contributed by atoms with E-state index >= 15 is 0 Å². The Labute approximate surface area is 162 Å². The van der Waals surface area contributed by atoms with Crippen LogP contribution < -0.4 is 15.8 Å². The highest BCUT2D eigenvalue weighted by molar-refractivity contribution is 14.0. The Kier molecular flexibility index (Phi) is 6.57. The quantitative estimate of drug-likeness (QED) is 0.408. The molecule has 2 aromatic carbocycles. The first-order valence-electron chi connectivity index (χ1n) is 7.74. The minimum atomic E-state index is -0.544. The van der Waals surface area contributed by atoms with E-state index < -0.39 is 11.6 Å². The number of guanidine groups is 1. The van der Waals surface area contributed by atoms with Crippen LogP contribution in [-0.2, 0) is 0 Å². The first kappa shape index (κ1) is 19.4. The Morgan fingerprint density at radius 2 is 1.72 bits per heavy atom. The van der Waals surface area contributed by atoms with Crippen molar-refractivity contribution in [2.24, 2.45) is 10.7 Å². The molecule has 1 aliphatic carbocycles. The van der Waals surface area contributed by atoms with Gasteiger partial charge in [-0.3, -0.25) is 0 Å². The number of methoxy groups -OCH3 is 1. The molecule has 25 heavy (non-hydrogen) atoms. The van der Waals surface area contributed by atoms with Crippen LogP contribution in [0.2, 0.25) is 0 Å². The van der Waals surface area contributed by atoms with Crippen LogP contribution in [0.25, 0.3) is 0 Å². The largest absolute Gasteiger partial charge is 0.497 e. The first-order valence-corrected chi connectivity index (χ1v) is 7.74. The highest BCUT2D eigenvalue weighted by atomic mass is 127. The number of aliphatic imine (C=N–C) groups is 1. The molecular weight excluding hydrogens is 439 g/mol. The van der Waals surface area contributed by atoms with Crippen molar-refractivity contribution in [2.75, 3.05) is 12.4 Å².